The summed E-state index contributed by atoms with van der Waals surface area (Å²) >= 11 is 1.85. The molecule has 1 fully saturated rings. The van der Waals surface area contributed by atoms with E-state index in [4.69, 9.17) is 5.73 Å². The largest absolute Gasteiger partial charge is 0.356 e. The van der Waals surface area contributed by atoms with Gasteiger partial charge in [0, 0.05) is 29.8 Å². The fourth-order valence-corrected chi connectivity index (χ4v) is 3.86. The van der Waals surface area contributed by atoms with Gasteiger partial charge in [0.25, 0.3) is 0 Å². The summed E-state index contributed by atoms with van der Waals surface area (Å²) in [6.45, 7) is 7.36. The number of rotatable bonds is 5. The number of nitrogens with two attached hydrogens (primary N) is 1. The number of nitrogens with one attached hydrogen (secondary N) is 1. The number of aryl methyl sites for hydroxylation is 1. The summed E-state index contributed by atoms with van der Waals surface area (Å²) in [5.41, 5.74) is 5.99. The second-order valence-corrected chi connectivity index (χ2v) is 6.94. The maximum absolute atomic E-state index is 11.0. The van der Waals surface area contributed by atoms with Crippen molar-refractivity contribution in [2.75, 3.05) is 26.2 Å². The SMILES string of the molecule is CC(=O)NCC1CCN(C(CN)c2ccc(C)s2)CC1. The number of piperidine rings is 1. The molecule has 1 saturated heterocycles. The lowest BCUT2D eigenvalue weighted by Crippen LogP contribution is -2.41. The molecule has 0 aliphatic carbocycles. The first-order chi connectivity index (χ1) is 9.60. The van der Waals surface area contributed by atoms with Gasteiger partial charge in [0.1, 0.15) is 0 Å². The van der Waals surface area contributed by atoms with E-state index >= 15 is 0 Å². The third kappa shape index (κ3) is 4.04. The van der Waals surface area contributed by atoms with E-state index in [1.54, 1.807) is 6.92 Å². The number of nitrogens with zero attached hydrogens (tertiary/aromatic N) is 1. The average molecular weight is 295 g/mol. The van der Waals surface area contributed by atoms with Crippen LogP contribution in [0.2, 0.25) is 0 Å². The van der Waals surface area contributed by atoms with Gasteiger partial charge >= 0.3 is 0 Å². The van der Waals surface area contributed by atoms with Gasteiger partial charge < -0.3 is 11.1 Å². The zero-order valence-corrected chi connectivity index (χ0v) is 13.2. The third-order valence-corrected chi connectivity index (χ3v) is 5.14. The number of carbonyl (C=O) groups is 1. The van der Waals surface area contributed by atoms with Crippen molar-refractivity contribution in [2.45, 2.75) is 32.7 Å². The minimum absolute atomic E-state index is 0.0707. The van der Waals surface area contributed by atoms with Crippen molar-refractivity contribution in [1.29, 1.82) is 0 Å². The Hall–Kier alpha value is -0.910. The number of amides is 1. The number of thiophene rings is 1. The zero-order valence-electron chi connectivity index (χ0n) is 12.4. The van der Waals surface area contributed by atoms with Crippen LogP contribution < -0.4 is 11.1 Å². The highest BCUT2D eigenvalue weighted by Gasteiger charge is 2.26. The van der Waals surface area contributed by atoms with Crippen LogP contribution in [0.5, 0.6) is 0 Å². The molecule has 1 aliphatic rings. The van der Waals surface area contributed by atoms with Gasteiger partial charge in [0.2, 0.25) is 5.91 Å². The zero-order chi connectivity index (χ0) is 14.5. The molecule has 2 rings (SSSR count). The molecule has 3 N–H and O–H groups in total. The Morgan fingerprint density at radius 1 is 1.50 bits per heavy atom. The van der Waals surface area contributed by atoms with E-state index in [0.717, 1.165) is 32.5 Å². The molecule has 1 aliphatic heterocycles. The number of carbonyl (C=O) groups excluding carboxylic acids is 1. The summed E-state index contributed by atoms with van der Waals surface area (Å²) in [6, 6.07) is 4.74. The fourth-order valence-electron chi connectivity index (χ4n) is 2.83. The van der Waals surface area contributed by atoms with Gasteiger partial charge in [-0.15, -0.1) is 11.3 Å². The second-order valence-electron chi connectivity index (χ2n) is 5.62. The molecule has 0 aromatic carbocycles. The Balaban J connectivity index is 1.87. The molecular formula is C15H25N3OS. The molecule has 0 saturated carbocycles. The maximum atomic E-state index is 11.0. The van der Waals surface area contributed by atoms with Crippen LogP contribution >= 0.6 is 11.3 Å². The van der Waals surface area contributed by atoms with Crippen LogP contribution in [-0.4, -0.2) is 37.0 Å². The molecule has 1 aromatic heterocycles. The quantitative estimate of drug-likeness (QED) is 0.872. The molecular weight excluding hydrogens is 270 g/mol. The Morgan fingerprint density at radius 2 is 2.20 bits per heavy atom. The monoisotopic (exact) mass is 295 g/mol. The third-order valence-electron chi connectivity index (χ3n) is 4.04. The van der Waals surface area contributed by atoms with Gasteiger partial charge in [0.05, 0.1) is 6.04 Å². The van der Waals surface area contributed by atoms with E-state index in [9.17, 15) is 4.79 Å². The highest BCUT2D eigenvalue weighted by molar-refractivity contribution is 7.12. The Morgan fingerprint density at radius 3 is 2.70 bits per heavy atom. The topological polar surface area (TPSA) is 58.4 Å². The first-order valence-corrected chi connectivity index (χ1v) is 8.16. The predicted molar refractivity (Wildman–Crippen MR) is 83.8 cm³/mol. The summed E-state index contributed by atoms with van der Waals surface area (Å²) in [5, 5.41) is 2.93. The number of hydrogen-bond acceptors (Lipinski definition) is 4. The molecule has 0 bridgehead atoms. The van der Waals surface area contributed by atoms with Gasteiger partial charge in [-0.2, -0.15) is 0 Å². The molecule has 1 atom stereocenters. The number of hydrogen-bond donors (Lipinski definition) is 2. The highest BCUT2D eigenvalue weighted by Crippen LogP contribution is 2.30. The highest BCUT2D eigenvalue weighted by atomic mass is 32.1. The first kappa shape index (κ1) is 15.5. The van der Waals surface area contributed by atoms with E-state index in [2.05, 4.69) is 29.3 Å². The minimum Gasteiger partial charge on any atom is -0.356 e. The summed E-state index contributed by atoms with van der Waals surface area (Å²) in [7, 11) is 0. The molecule has 5 heteroatoms. The van der Waals surface area contributed by atoms with E-state index < -0.39 is 0 Å². The molecule has 0 spiro atoms. The molecule has 2 heterocycles. The Kier molecular flexibility index (Phi) is 5.57. The van der Waals surface area contributed by atoms with Crippen molar-refractivity contribution in [3.05, 3.63) is 21.9 Å². The van der Waals surface area contributed by atoms with Gasteiger partial charge in [-0.3, -0.25) is 9.69 Å². The summed E-state index contributed by atoms with van der Waals surface area (Å²) in [4.78, 5) is 16.2. The van der Waals surface area contributed by atoms with E-state index in [0.29, 0.717) is 18.5 Å². The molecule has 4 nitrogen and oxygen atoms in total. The van der Waals surface area contributed by atoms with Gasteiger partial charge in [0.15, 0.2) is 0 Å². The molecule has 1 aromatic rings. The first-order valence-electron chi connectivity index (χ1n) is 7.35. The standard InChI is InChI=1S/C15H25N3OS/c1-11-3-4-15(20-11)14(9-16)18-7-5-13(6-8-18)10-17-12(2)19/h3-4,13-14H,5-10,16H2,1-2H3,(H,17,19). The van der Waals surface area contributed by atoms with Crippen molar-refractivity contribution in [3.63, 3.8) is 0 Å². The molecule has 1 unspecified atom stereocenters. The van der Waals surface area contributed by atoms with E-state index in [1.807, 2.05) is 11.3 Å². The second kappa shape index (κ2) is 7.20. The average Bonchev–Trinajstić information content (AvgIpc) is 2.85. The lowest BCUT2D eigenvalue weighted by Gasteiger charge is -2.36. The normalized spacial score (nSPS) is 18.9. The van der Waals surface area contributed by atoms with Crippen molar-refractivity contribution >= 4 is 17.2 Å². The van der Waals surface area contributed by atoms with Gasteiger partial charge in [-0.1, -0.05) is 0 Å². The van der Waals surface area contributed by atoms with Crippen LogP contribution in [-0.2, 0) is 4.79 Å². The van der Waals surface area contributed by atoms with Crippen molar-refractivity contribution in [1.82, 2.24) is 10.2 Å². The van der Waals surface area contributed by atoms with Crippen LogP contribution in [0, 0.1) is 12.8 Å². The summed E-state index contributed by atoms with van der Waals surface area (Å²) in [5.74, 6) is 0.681. The van der Waals surface area contributed by atoms with Crippen molar-refractivity contribution in [2.24, 2.45) is 11.7 Å². The van der Waals surface area contributed by atoms with E-state index in [-0.39, 0.29) is 5.91 Å². The molecule has 20 heavy (non-hydrogen) atoms. The van der Waals surface area contributed by atoms with Crippen molar-refractivity contribution in [3.8, 4) is 0 Å². The molecule has 0 radical (unpaired) electrons. The predicted octanol–water partition coefficient (Wildman–Crippen LogP) is 1.90. The van der Waals surface area contributed by atoms with Crippen LogP contribution in [0.4, 0.5) is 0 Å². The smallest absolute Gasteiger partial charge is 0.216 e. The lowest BCUT2D eigenvalue weighted by atomic mass is 9.95. The Labute approximate surface area is 125 Å². The maximum Gasteiger partial charge on any atom is 0.216 e. The summed E-state index contributed by atoms with van der Waals surface area (Å²) in [6.07, 6.45) is 2.28. The van der Waals surface area contributed by atoms with Gasteiger partial charge in [-0.25, -0.2) is 0 Å². The fraction of sp³-hybridized carbons (Fsp3) is 0.667. The van der Waals surface area contributed by atoms with E-state index in [1.165, 1.54) is 9.75 Å². The number of likely N-dealkylation sites (tertiary alicyclic amines) is 1. The summed E-state index contributed by atoms with van der Waals surface area (Å²) < 4.78 is 0. The Bertz CT molecular complexity index is 438. The van der Waals surface area contributed by atoms with Crippen molar-refractivity contribution < 1.29 is 4.79 Å². The van der Waals surface area contributed by atoms with Crippen LogP contribution in [0.25, 0.3) is 0 Å². The van der Waals surface area contributed by atoms with Crippen LogP contribution in [0.1, 0.15) is 35.6 Å². The lowest BCUT2D eigenvalue weighted by molar-refractivity contribution is -0.119. The molecule has 1 amide bonds. The minimum atomic E-state index is 0.0707. The van der Waals surface area contributed by atoms with Crippen LogP contribution in [0.15, 0.2) is 12.1 Å². The molecule has 112 valence electrons. The van der Waals surface area contributed by atoms with Crippen LogP contribution in [0.3, 0.4) is 0 Å². The van der Waals surface area contributed by atoms with Gasteiger partial charge in [-0.05, 0) is 50.9 Å².